The van der Waals surface area contributed by atoms with Crippen molar-refractivity contribution in [3.63, 3.8) is 0 Å². The monoisotopic (exact) mass is 230 g/mol. The summed E-state index contributed by atoms with van der Waals surface area (Å²) < 4.78 is 19.0. The van der Waals surface area contributed by atoms with Crippen molar-refractivity contribution in [2.75, 3.05) is 7.11 Å². The van der Waals surface area contributed by atoms with Gasteiger partial charge in [-0.25, -0.2) is 4.39 Å². The molecule has 2 aromatic rings. The summed E-state index contributed by atoms with van der Waals surface area (Å²) >= 11 is 0. The van der Waals surface area contributed by atoms with E-state index in [1.807, 2.05) is 12.1 Å². The van der Waals surface area contributed by atoms with E-state index in [-0.39, 0.29) is 0 Å². The molecule has 2 rings (SSSR count). The van der Waals surface area contributed by atoms with Gasteiger partial charge in [-0.3, -0.25) is 4.79 Å². The first-order valence-electron chi connectivity index (χ1n) is 5.14. The van der Waals surface area contributed by atoms with E-state index in [0.29, 0.717) is 28.7 Å². The highest BCUT2D eigenvalue weighted by Crippen LogP contribution is 2.31. The van der Waals surface area contributed by atoms with Crippen LogP contribution in [-0.4, -0.2) is 13.4 Å². The first-order valence-corrected chi connectivity index (χ1v) is 5.14. The highest BCUT2D eigenvalue weighted by atomic mass is 19.1. The van der Waals surface area contributed by atoms with Crippen molar-refractivity contribution in [3.05, 3.63) is 53.8 Å². The number of hydrogen-bond acceptors (Lipinski definition) is 2. The van der Waals surface area contributed by atoms with E-state index in [0.717, 1.165) is 0 Å². The van der Waals surface area contributed by atoms with Gasteiger partial charge < -0.3 is 4.74 Å². The molecule has 0 bridgehead atoms. The smallest absolute Gasteiger partial charge is 0.150 e. The molecule has 2 nitrogen and oxygen atoms in total. The molecular formula is C14H11FO2. The molecule has 0 unspecified atom stereocenters. The molecule has 0 radical (unpaired) electrons. The Hall–Kier alpha value is -2.16. The Bertz CT molecular complexity index is 550. The number of halogens is 1. The minimum absolute atomic E-state index is 0.321. The number of rotatable bonds is 3. The molecule has 2 aromatic carbocycles. The summed E-state index contributed by atoms with van der Waals surface area (Å²) in [6.45, 7) is 0. The van der Waals surface area contributed by atoms with Crippen molar-refractivity contribution < 1.29 is 13.9 Å². The number of methoxy groups -OCH3 is 1. The third-order valence-electron chi connectivity index (χ3n) is 2.53. The lowest BCUT2D eigenvalue weighted by molar-refractivity contribution is 0.112. The van der Waals surface area contributed by atoms with Crippen LogP contribution in [0.5, 0.6) is 5.75 Å². The number of para-hydroxylation sites is 1. The third-order valence-corrected chi connectivity index (χ3v) is 2.53. The molecule has 0 spiro atoms. The lowest BCUT2D eigenvalue weighted by Gasteiger charge is -2.09. The van der Waals surface area contributed by atoms with Crippen molar-refractivity contribution in [2.24, 2.45) is 0 Å². The maximum atomic E-state index is 13.8. The quantitative estimate of drug-likeness (QED) is 0.756. The molecule has 0 aliphatic carbocycles. The van der Waals surface area contributed by atoms with Crippen LogP contribution in [0.1, 0.15) is 10.4 Å². The standard InChI is InChI=1S/C14H11FO2/c1-17-14-5-3-2-4-12(14)11-7-6-10(9-16)8-13(11)15/h2-9H,1H3. The first-order chi connectivity index (χ1) is 8.26. The molecule has 0 fully saturated rings. The van der Waals surface area contributed by atoms with E-state index in [4.69, 9.17) is 4.74 Å². The fourth-order valence-electron chi connectivity index (χ4n) is 1.69. The maximum absolute atomic E-state index is 13.8. The van der Waals surface area contributed by atoms with Crippen molar-refractivity contribution in [1.29, 1.82) is 0 Å². The molecule has 0 aromatic heterocycles. The van der Waals surface area contributed by atoms with Crippen LogP contribution in [0.4, 0.5) is 4.39 Å². The number of carbonyl (C=O) groups is 1. The molecule has 0 heterocycles. The topological polar surface area (TPSA) is 26.3 Å². The minimum atomic E-state index is -0.431. The van der Waals surface area contributed by atoms with E-state index in [1.165, 1.54) is 13.2 Å². The van der Waals surface area contributed by atoms with Gasteiger partial charge in [0.05, 0.1) is 7.11 Å². The molecule has 0 atom stereocenters. The van der Waals surface area contributed by atoms with E-state index in [1.54, 1.807) is 24.3 Å². The first kappa shape index (κ1) is 11.3. The van der Waals surface area contributed by atoms with Gasteiger partial charge in [0.2, 0.25) is 0 Å². The van der Waals surface area contributed by atoms with Crippen LogP contribution in [-0.2, 0) is 0 Å². The largest absolute Gasteiger partial charge is 0.496 e. The Morgan fingerprint density at radius 3 is 2.53 bits per heavy atom. The Balaban J connectivity index is 2.56. The fourth-order valence-corrected chi connectivity index (χ4v) is 1.69. The van der Waals surface area contributed by atoms with Crippen molar-refractivity contribution >= 4 is 6.29 Å². The molecule has 0 N–H and O–H groups in total. The Labute approximate surface area is 98.7 Å². The highest BCUT2D eigenvalue weighted by molar-refractivity contribution is 5.78. The van der Waals surface area contributed by atoms with Gasteiger partial charge in [0, 0.05) is 16.7 Å². The van der Waals surface area contributed by atoms with Gasteiger partial charge in [-0.15, -0.1) is 0 Å². The Kier molecular flexibility index (Phi) is 3.19. The van der Waals surface area contributed by atoms with Crippen LogP contribution in [0.15, 0.2) is 42.5 Å². The van der Waals surface area contributed by atoms with Crippen LogP contribution >= 0.6 is 0 Å². The summed E-state index contributed by atoms with van der Waals surface area (Å²) in [7, 11) is 1.54. The molecule has 86 valence electrons. The predicted molar refractivity (Wildman–Crippen MR) is 63.8 cm³/mol. The minimum Gasteiger partial charge on any atom is -0.496 e. The summed E-state index contributed by atoms with van der Waals surface area (Å²) in [6.07, 6.45) is 0.620. The van der Waals surface area contributed by atoms with E-state index in [9.17, 15) is 9.18 Å². The molecule has 0 amide bonds. The second-order valence-electron chi connectivity index (χ2n) is 3.56. The van der Waals surface area contributed by atoms with Gasteiger partial charge in [-0.2, -0.15) is 0 Å². The molecule has 0 saturated heterocycles. The van der Waals surface area contributed by atoms with Crippen molar-refractivity contribution in [2.45, 2.75) is 0 Å². The van der Waals surface area contributed by atoms with Gasteiger partial charge in [0.1, 0.15) is 17.9 Å². The molecule has 17 heavy (non-hydrogen) atoms. The van der Waals surface area contributed by atoms with Gasteiger partial charge >= 0.3 is 0 Å². The van der Waals surface area contributed by atoms with Gasteiger partial charge in [-0.1, -0.05) is 30.3 Å². The number of ether oxygens (including phenoxy) is 1. The zero-order chi connectivity index (χ0) is 12.3. The number of aldehydes is 1. The zero-order valence-corrected chi connectivity index (χ0v) is 9.31. The van der Waals surface area contributed by atoms with Crippen LogP contribution in [0, 0.1) is 5.82 Å². The van der Waals surface area contributed by atoms with Crippen LogP contribution in [0.2, 0.25) is 0 Å². The van der Waals surface area contributed by atoms with E-state index < -0.39 is 5.82 Å². The SMILES string of the molecule is COc1ccccc1-c1ccc(C=O)cc1F. The maximum Gasteiger partial charge on any atom is 0.150 e. The average Bonchev–Trinajstić information content (AvgIpc) is 2.38. The number of hydrogen-bond donors (Lipinski definition) is 0. The van der Waals surface area contributed by atoms with Crippen LogP contribution in [0.25, 0.3) is 11.1 Å². The molecule has 0 aliphatic heterocycles. The molecule has 0 aliphatic rings. The van der Waals surface area contributed by atoms with Crippen LogP contribution in [0.3, 0.4) is 0 Å². The fraction of sp³-hybridized carbons (Fsp3) is 0.0714. The second-order valence-corrected chi connectivity index (χ2v) is 3.56. The Morgan fingerprint density at radius 1 is 1.12 bits per heavy atom. The normalized spacial score (nSPS) is 10.0. The summed E-state index contributed by atoms with van der Waals surface area (Å²) in [5.74, 6) is 0.171. The lowest BCUT2D eigenvalue weighted by Crippen LogP contribution is -1.91. The van der Waals surface area contributed by atoms with Gasteiger partial charge in [-0.05, 0) is 12.1 Å². The lowest BCUT2D eigenvalue weighted by atomic mass is 10.0. The summed E-state index contributed by atoms with van der Waals surface area (Å²) in [4.78, 5) is 10.5. The zero-order valence-electron chi connectivity index (χ0n) is 9.31. The second kappa shape index (κ2) is 4.78. The Morgan fingerprint density at radius 2 is 1.88 bits per heavy atom. The third kappa shape index (κ3) is 2.18. The predicted octanol–water partition coefficient (Wildman–Crippen LogP) is 3.31. The van der Waals surface area contributed by atoms with E-state index in [2.05, 4.69) is 0 Å². The summed E-state index contributed by atoms with van der Waals surface area (Å²) in [5, 5.41) is 0. The highest BCUT2D eigenvalue weighted by Gasteiger charge is 2.10. The van der Waals surface area contributed by atoms with Crippen molar-refractivity contribution in [3.8, 4) is 16.9 Å². The summed E-state index contributed by atoms with van der Waals surface area (Å²) in [6, 6.07) is 11.6. The molecular weight excluding hydrogens is 219 g/mol. The van der Waals surface area contributed by atoms with Gasteiger partial charge in [0.15, 0.2) is 0 Å². The summed E-state index contributed by atoms with van der Waals surface area (Å²) in [5.41, 5.74) is 1.42. The van der Waals surface area contributed by atoms with Crippen LogP contribution < -0.4 is 4.74 Å². The van der Waals surface area contributed by atoms with E-state index >= 15 is 0 Å². The van der Waals surface area contributed by atoms with Gasteiger partial charge in [0.25, 0.3) is 0 Å². The number of carbonyl (C=O) groups excluding carboxylic acids is 1. The molecule has 3 heteroatoms. The number of benzene rings is 2. The average molecular weight is 230 g/mol. The van der Waals surface area contributed by atoms with Crippen molar-refractivity contribution in [1.82, 2.24) is 0 Å². The molecule has 0 saturated carbocycles.